The molecule has 1 aliphatic rings. The fourth-order valence-electron chi connectivity index (χ4n) is 8.25. The molecule has 0 heterocycles. The maximum atomic E-state index is 7.32. The molecule has 0 aliphatic heterocycles. The lowest BCUT2D eigenvalue weighted by Crippen LogP contribution is -2.32. The molecule has 0 spiro atoms. The monoisotopic (exact) mass is 594 g/mol. The highest BCUT2D eigenvalue weighted by Gasteiger charge is 2.40. The first kappa shape index (κ1) is 33.3. The second-order valence-corrected chi connectivity index (χ2v) is 14.0. The van der Waals surface area contributed by atoms with Gasteiger partial charge in [0.15, 0.2) is 0 Å². The standard InChI is InChI=1S/C42H55Cl/c1-9-13-29(5)21-33-17-19-37-35(23-33)24-39(43)41-38(37)20-18-34-27-42(25-31(7)15-11-3,26-32(8)16-12-4)28-36(40(34)41)22-30(6)14-10-2/h13-20,23-24,36H,9-12,21-22,25-28H2,1-8H3. The normalized spacial score (nSPS) is 20.3. The quantitative estimate of drug-likeness (QED) is 0.144. The minimum Gasteiger partial charge on any atom is -0.0859 e. The van der Waals surface area contributed by atoms with Crippen molar-refractivity contribution in [2.45, 2.75) is 126 Å². The second kappa shape index (κ2) is 14.9. The lowest BCUT2D eigenvalue weighted by molar-refractivity contribution is 0.214. The van der Waals surface area contributed by atoms with E-state index in [1.165, 1.54) is 68.6 Å². The Morgan fingerprint density at radius 1 is 0.744 bits per heavy atom. The van der Waals surface area contributed by atoms with E-state index in [2.05, 4.69) is 116 Å². The summed E-state index contributed by atoms with van der Waals surface area (Å²) in [6.07, 6.45) is 20.8. The Morgan fingerprint density at radius 2 is 1.33 bits per heavy atom. The van der Waals surface area contributed by atoms with E-state index in [4.69, 9.17) is 11.6 Å². The minimum absolute atomic E-state index is 0.228. The highest BCUT2D eigenvalue weighted by atomic mass is 35.5. The lowest BCUT2D eigenvalue weighted by atomic mass is 9.60. The van der Waals surface area contributed by atoms with E-state index in [0.29, 0.717) is 5.92 Å². The fraction of sp³-hybridized carbons (Fsp3) is 0.476. The second-order valence-electron chi connectivity index (χ2n) is 13.6. The summed E-state index contributed by atoms with van der Waals surface area (Å²) in [5, 5.41) is 6.10. The number of allylic oxidation sites excluding steroid dienone is 8. The van der Waals surface area contributed by atoms with E-state index in [-0.39, 0.29) is 5.41 Å². The van der Waals surface area contributed by atoms with E-state index < -0.39 is 0 Å². The zero-order chi connectivity index (χ0) is 31.1. The molecule has 0 nitrogen and oxygen atoms in total. The maximum Gasteiger partial charge on any atom is 0.0493 e. The first-order chi connectivity index (χ1) is 20.6. The number of rotatable bonds is 12. The summed E-state index contributed by atoms with van der Waals surface area (Å²) in [6.45, 7) is 18.3. The summed E-state index contributed by atoms with van der Waals surface area (Å²) in [7, 11) is 0. The molecule has 0 saturated heterocycles. The zero-order valence-electron chi connectivity index (χ0n) is 28.3. The Balaban J connectivity index is 1.91. The molecule has 3 aromatic rings. The Labute approximate surface area is 268 Å². The van der Waals surface area contributed by atoms with Crippen molar-refractivity contribution in [3.05, 3.63) is 105 Å². The highest BCUT2D eigenvalue weighted by Crippen LogP contribution is 2.54. The molecule has 1 atom stereocenters. The third kappa shape index (κ3) is 7.94. The van der Waals surface area contributed by atoms with E-state index in [9.17, 15) is 0 Å². The molecule has 0 N–H and O–H groups in total. The maximum absolute atomic E-state index is 7.32. The molecule has 43 heavy (non-hydrogen) atoms. The van der Waals surface area contributed by atoms with Crippen LogP contribution in [0.2, 0.25) is 5.02 Å². The molecule has 1 unspecified atom stereocenters. The number of halogens is 1. The molecule has 0 saturated carbocycles. The van der Waals surface area contributed by atoms with Gasteiger partial charge >= 0.3 is 0 Å². The number of hydrogen-bond donors (Lipinski definition) is 0. The van der Waals surface area contributed by atoms with Crippen LogP contribution in [0.1, 0.15) is 129 Å². The molecule has 0 bridgehead atoms. The Hall–Kier alpha value is -2.57. The van der Waals surface area contributed by atoms with Crippen LogP contribution in [0.4, 0.5) is 0 Å². The summed E-state index contributed by atoms with van der Waals surface area (Å²) in [5.41, 5.74) is 10.6. The van der Waals surface area contributed by atoms with Gasteiger partial charge in [0.1, 0.15) is 0 Å². The molecule has 3 aromatic carbocycles. The average molecular weight is 595 g/mol. The van der Waals surface area contributed by atoms with Gasteiger partial charge in [-0.05, 0) is 142 Å². The van der Waals surface area contributed by atoms with Gasteiger partial charge in [-0.2, -0.15) is 0 Å². The van der Waals surface area contributed by atoms with Gasteiger partial charge in [0.25, 0.3) is 0 Å². The van der Waals surface area contributed by atoms with Crippen molar-refractivity contribution >= 4 is 33.1 Å². The van der Waals surface area contributed by atoms with Gasteiger partial charge in [0.2, 0.25) is 0 Å². The highest BCUT2D eigenvalue weighted by molar-refractivity contribution is 6.38. The SMILES string of the molecule is CCC=C(C)Cc1ccc2c(c1)cc(Cl)c1c3c(ccc12)CC(CC(C)=CCC)(CC(C)=CCC)CC3CC(C)=CCC. The molecular weight excluding hydrogens is 540 g/mol. The van der Waals surface area contributed by atoms with Gasteiger partial charge in [-0.3, -0.25) is 0 Å². The Kier molecular flexibility index (Phi) is 11.6. The summed E-state index contributed by atoms with van der Waals surface area (Å²) >= 11 is 7.32. The zero-order valence-corrected chi connectivity index (χ0v) is 29.1. The van der Waals surface area contributed by atoms with Crippen LogP contribution in [0, 0.1) is 5.41 Å². The van der Waals surface area contributed by atoms with Crippen LogP contribution in [-0.2, 0) is 12.8 Å². The Bertz CT molecular complexity index is 1540. The van der Waals surface area contributed by atoms with Crippen molar-refractivity contribution in [2.75, 3.05) is 0 Å². The predicted molar refractivity (Wildman–Crippen MR) is 194 cm³/mol. The van der Waals surface area contributed by atoms with Crippen LogP contribution >= 0.6 is 11.6 Å². The molecule has 0 aromatic heterocycles. The third-order valence-corrected chi connectivity index (χ3v) is 9.78. The smallest absolute Gasteiger partial charge is 0.0493 e. The van der Waals surface area contributed by atoms with E-state index >= 15 is 0 Å². The van der Waals surface area contributed by atoms with Crippen molar-refractivity contribution in [1.29, 1.82) is 0 Å². The first-order valence-corrected chi connectivity index (χ1v) is 17.3. The minimum atomic E-state index is 0.228. The summed E-state index contributed by atoms with van der Waals surface area (Å²) in [4.78, 5) is 0. The fourth-order valence-corrected chi connectivity index (χ4v) is 8.58. The lowest BCUT2D eigenvalue weighted by Gasteiger charge is -2.44. The van der Waals surface area contributed by atoms with Gasteiger partial charge in [-0.1, -0.05) is 116 Å². The first-order valence-electron chi connectivity index (χ1n) is 16.9. The van der Waals surface area contributed by atoms with Crippen molar-refractivity contribution < 1.29 is 0 Å². The van der Waals surface area contributed by atoms with E-state index in [1.807, 2.05) is 0 Å². The van der Waals surface area contributed by atoms with Crippen molar-refractivity contribution in [2.24, 2.45) is 5.41 Å². The predicted octanol–water partition coefficient (Wildman–Crippen LogP) is 13.8. The van der Waals surface area contributed by atoms with Crippen LogP contribution in [-0.4, -0.2) is 0 Å². The van der Waals surface area contributed by atoms with Crippen LogP contribution in [0.25, 0.3) is 21.5 Å². The van der Waals surface area contributed by atoms with E-state index in [1.54, 1.807) is 11.1 Å². The third-order valence-electron chi connectivity index (χ3n) is 9.49. The molecular formula is C42H55Cl. The van der Waals surface area contributed by atoms with Crippen LogP contribution in [0.15, 0.2) is 83.0 Å². The van der Waals surface area contributed by atoms with Crippen molar-refractivity contribution in [1.82, 2.24) is 0 Å². The van der Waals surface area contributed by atoms with Crippen LogP contribution in [0.5, 0.6) is 0 Å². The molecule has 1 heteroatoms. The van der Waals surface area contributed by atoms with Crippen LogP contribution < -0.4 is 0 Å². The molecule has 0 fully saturated rings. The van der Waals surface area contributed by atoms with Crippen LogP contribution in [0.3, 0.4) is 0 Å². The van der Waals surface area contributed by atoms with Crippen molar-refractivity contribution in [3.63, 3.8) is 0 Å². The summed E-state index contributed by atoms with van der Waals surface area (Å²) in [5.74, 6) is 0.454. The van der Waals surface area contributed by atoms with E-state index in [0.717, 1.165) is 50.0 Å². The molecule has 0 radical (unpaired) electrons. The van der Waals surface area contributed by atoms with Gasteiger partial charge < -0.3 is 0 Å². The summed E-state index contributed by atoms with van der Waals surface area (Å²) < 4.78 is 0. The van der Waals surface area contributed by atoms with Gasteiger partial charge in [-0.25, -0.2) is 0 Å². The largest absolute Gasteiger partial charge is 0.0859 e. The molecule has 0 amide bonds. The molecule has 230 valence electrons. The molecule has 1 aliphatic carbocycles. The Morgan fingerprint density at radius 3 is 1.95 bits per heavy atom. The number of benzene rings is 3. The molecule has 4 rings (SSSR count). The van der Waals surface area contributed by atoms with Gasteiger partial charge in [0, 0.05) is 10.4 Å². The van der Waals surface area contributed by atoms with Gasteiger partial charge in [0.05, 0.1) is 0 Å². The number of fused-ring (bicyclic) bond motifs is 5. The average Bonchev–Trinajstić information content (AvgIpc) is 2.93. The number of hydrogen-bond acceptors (Lipinski definition) is 0. The van der Waals surface area contributed by atoms with Gasteiger partial charge in [-0.15, -0.1) is 0 Å². The van der Waals surface area contributed by atoms with Crippen molar-refractivity contribution in [3.8, 4) is 0 Å². The topological polar surface area (TPSA) is 0 Å². The summed E-state index contributed by atoms with van der Waals surface area (Å²) in [6, 6.07) is 14.1.